The minimum atomic E-state index is -0.714. The lowest BCUT2D eigenvalue weighted by Crippen LogP contribution is -2.22. The number of rotatable bonds is 6. The Morgan fingerprint density at radius 1 is 1.26 bits per heavy atom. The molecule has 0 fully saturated rings. The van der Waals surface area contributed by atoms with Crippen molar-refractivity contribution in [2.24, 2.45) is 5.73 Å². The summed E-state index contributed by atoms with van der Waals surface area (Å²) >= 11 is 0. The number of primary amides is 1. The molecule has 7 heteroatoms. The van der Waals surface area contributed by atoms with Crippen molar-refractivity contribution in [1.82, 2.24) is 0 Å². The molecule has 0 aromatic heterocycles. The highest BCUT2D eigenvalue weighted by atomic mass is 19.1. The lowest BCUT2D eigenvalue weighted by Gasteiger charge is -2.19. The SMILES string of the molecule is CN(CCc1ccc(F)cc1)c1ccc(C(N)=O)cc1[N+](=O)[O-]. The van der Waals surface area contributed by atoms with Gasteiger partial charge in [0.25, 0.3) is 5.69 Å². The summed E-state index contributed by atoms with van der Waals surface area (Å²) in [5.74, 6) is -1.02. The van der Waals surface area contributed by atoms with E-state index in [9.17, 15) is 19.3 Å². The van der Waals surface area contributed by atoms with Gasteiger partial charge in [-0.2, -0.15) is 0 Å². The fourth-order valence-corrected chi connectivity index (χ4v) is 2.21. The Labute approximate surface area is 132 Å². The van der Waals surface area contributed by atoms with Gasteiger partial charge in [-0.25, -0.2) is 4.39 Å². The summed E-state index contributed by atoms with van der Waals surface area (Å²) in [4.78, 5) is 23.5. The second-order valence-corrected chi connectivity index (χ2v) is 5.12. The van der Waals surface area contributed by atoms with E-state index in [1.54, 1.807) is 24.1 Å². The monoisotopic (exact) mass is 317 g/mol. The minimum Gasteiger partial charge on any atom is -0.369 e. The Bertz CT molecular complexity index is 732. The number of carbonyl (C=O) groups excluding carboxylic acids is 1. The first-order valence-corrected chi connectivity index (χ1v) is 6.92. The lowest BCUT2D eigenvalue weighted by atomic mass is 10.1. The molecule has 2 rings (SSSR count). The van der Waals surface area contributed by atoms with E-state index >= 15 is 0 Å². The average Bonchev–Trinajstić information content (AvgIpc) is 2.53. The zero-order valence-electron chi connectivity index (χ0n) is 12.5. The summed E-state index contributed by atoms with van der Waals surface area (Å²) in [6.45, 7) is 0.502. The molecule has 0 aliphatic heterocycles. The van der Waals surface area contributed by atoms with Crippen molar-refractivity contribution in [3.05, 3.63) is 69.5 Å². The van der Waals surface area contributed by atoms with Gasteiger partial charge in [0.2, 0.25) is 5.91 Å². The minimum absolute atomic E-state index is 0.0902. The molecule has 0 saturated carbocycles. The molecule has 120 valence electrons. The van der Waals surface area contributed by atoms with Crippen LogP contribution in [-0.2, 0) is 6.42 Å². The van der Waals surface area contributed by atoms with Gasteiger partial charge in [-0.15, -0.1) is 0 Å². The molecule has 0 atom stereocenters. The molecule has 23 heavy (non-hydrogen) atoms. The van der Waals surface area contributed by atoms with Crippen LogP contribution in [0.15, 0.2) is 42.5 Å². The normalized spacial score (nSPS) is 10.3. The van der Waals surface area contributed by atoms with Crippen molar-refractivity contribution < 1.29 is 14.1 Å². The predicted octanol–water partition coefficient (Wildman–Crippen LogP) is 2.51. The number of likely N-dealkylation sites (N-methyl/N-ethyl adjacent to an activating group) is 1. The third-order valence-electron chi connectivity index (χ3n) is 3.52. The van der Waals surface area contributed by atoms with Gasteiger partial charge < -0.3 is 10.6 Å². The maximum absolute atomic E-state index is 12.9. The van der Waals surface area contributed by atoms with E-state index in [-0.39, 0.29) is 17.1 Å². The number of anilines is 1. The van der Waals surface area contributed by atoms with Gasteiger partial charge in [0.1, 0.15) is 11.5 Å². The number of nitro benzene ring substituents is 1. The first-order valence-electron chi connectivity index (χ1n) is 6.92. The largest absolute Gasteiger partial charge is 0.369 e. The second-order valence-electron chi connectivity index (χ2n) is 5.12. The molecule has 0 unspecified atom stereocenters. The number of hydrogen-bond donors (Lipinski definition) is 1. The van der Waals surface area contributed by atoms with Gasteiger partial charge in [-0.3, -0.25) is 14.9 Å². The number of nitrogens with two attached hydrogens (primary N) is 1. The lowest BCUT2D eigenvalue weighted by molar-refractivity contribution is -0.384. The van der Waals surface area contributed by atoms with E-state index in [0.29, 0.717) is 18.7 Å². The molecular weight excluding hydrogens is 301 g/mol. The van der Waals surface area contributed by atoms with Gasteiger partial charge in [-0.1, -0.05) is 12.1 Å². The van der Waals surface area contributed by atoms with E-state index < -0.39 is 10.8 Å². The molecule has 6 nitrogen and oxygen atoms in total. The van der Waals surface area contributed by atoms with Crippen LogP contribution >= 0.6 is 0 Å². The van der Waals surface area contributed by atoms with E-state index in [4.69, 9.17) is 5.73 Å². The van der Waals surface area contributed by atoms with Crippen LogP contribution in [-0.4, -0.2) is 24.4 Å². The van der Waals surface area contributed by atoms with Crippen molar-refractivity contribution in [2.75, 3.05) is 18.5 Å². The highest BCUT2D eigenvalue weighted by Crippen LogP contribution is 2.28. The van der Waals surface area contributed by atoms with Crippen LogP contribution in [0.4, 0.5) is 15.8 Å². The molecule has 0 spiro atoms. The van der Waals surface area contributed by atoms with Gasteiger partial charge in [0.15, 0.2) is 0 Å². The number of nitrogens with zero attached hydrogens (tertiary/aromatic N) is 2. The molecule has 0 aliphatic rings. The summed E-state index contributed by atoms with van der Waals surface area (Å²) < 4.78 is 12.9. The second kappa shape index (κ2) is 6.87. The molecular formula is C16H16FN3O3. The number of nitro groups is 1. The highest BCUT2D eigenvalue weighted by Gasteiger charge is 2.19. The first-order chi connectivity index (χ1) is 10.9. The highest BCUT2D eigenvalue weighted by molar-refractivity contribution is 5.94. The fourth-order valence-electron chi connectivity index (χ4n) is 2.21. The van der Waals surface area contributed by atoms with Crippen molar-refractivity contribution in [2.45, 2.75) is 6.42 Å². The van der Waals surface area contributed by atoms with Crippen molar-refractivity contribution in [3.63, 3.8) is 0 Å². The first kappa shape index (κ1) is 16.4. The Hall–Kier alpha value is -2.96. The van der Waals surface area contributed by atoms with Crippen molar-refractivity contribution in [1.29, 1.82) is 0 Å². The van der Waals surface area contributed by atoms with E-state index in [0.717, 1.165) is 5.56 Å². The van der Waals surface area contributed by atoms with Crippen LogP contribution in [0.5, 0.6) is 0 Å². The summed E-state index contributed by atoms with van der Waals surface area (Å²) in [5.41, 5.74) is 6.38. The number of hydrogen-bond acceptors (Lipinski definition) is 4. The Balaban J connectivity index is 2.17. The van der Waals surface area contributed by atoms with Crippen LogP contribution in [0.1, 0.15) is 15.9 Å². The van der Waals surface area contributed by atoms with Gasteiger partial charge >= 0.3 is 0 Å². The molecule has 0 saturated heterocycles. The van der Waals surface area contributed by atoms with E-state index in [1.165, 1.54) is 30.3 Å². The molecule has 2 N–H and O–H groups in total. The van der Waals surface area contributed by atoms with E-state index in [1.807, 2.05) is 0 Å². The molecule has 0 bridgehead atoms. The quantitative estimate of drug-likeness (QED) is 0.655. The zero-order chi connectivity index (χ0) is 17.0. The van der Waals surface area contributed by atoms with E-state index in [2.05, 4.69) is 0 Å². The summed E-state index contributed by atoms with van der Waals surface area (Å²) in [6, 6.07) is 10.2. The van der Waals surface area contributed by atoms with Crippen molar-refractivity contribution in [3.8, 4) is 0 Å². The van der Waals surface area contributed by atoms with Crippen LogP contribution in [0, 0.1) is 15.9 Å². The third-order valence-corrected chi connectivity index (χ3v) is 3.52. The van der Waals surface area contributed by atoms with Crippen LogP contribution in [0.3, 0.4) is 0 Å². The van der Waals surface area contributed by atoms with Crippen molar-refractivity contribution >= 4 is 17.3 Å². The van der Waals surface area contributed by atoms with Gasteiger partial charge in [-0.05, 0) is 36.2 Å². The van der Waals surface area contributed by atoms with Gasteiger partial charge in [0.05, 0.1) is 4.92 Å². The molecule has 0 aliphatic carbocycles. The predicted molar refractivity (Wildman–Crippen MR) is 85.0 cm³/mol. The van der Waals surface area contributed by atoms with Crippen LogP contribution < -0.4 is 10.6 Å². The average molecular weight is 317 g/mol. The Morgan fingerprint density at radius 3 is 2.48 bits per heavy atom. The third kappa shape index (κ3) is 4.03. The summed E-state index contributed by atoms with van der Waals surface area (Å²) in [7, 11) is 1.72. The zero-order valence-corrected chi connectivity index (χ0v) is 12.5. The summed E-state index contributed by atoms with van der Waals surface area (Å²) in [5, 5.41) is 11.2. The Kier molecular flexibility index (Phi) is 4.90. The fraction of sp³-hybridized carbons (Fsp3) is 0.188. The standard InChI is InChI=1S/C16H16FN3O3/c1-19(9-8-11-2-5-13(17)6-3-11)14-7-4-12(16(18)21)10-15(14)20(22)23/h2-7,10H,8-9H2,1H3,(H2,18,21). The number of carbonyl (C=O) groups is 1. The Morgan fingerprint density at radius 2 is 1.91 bits per heavy atom. The maximum atomic E-state index is 12.9. The molecule has 2 aromatic rings. The maximum Gasteiger partial charge on any atom is 0.293 e. The smallest absolute Gasteiger partial charge is 0.293 e. The van der Waals surface area contributed by atoms with Crippen LogP contribution in [0.25, 0.3) is 0 Å². The molecule has 2 aromatic carbocycles. The van der Waals surface area contributed by atoms with Crippen LogP contribution in [0.2, 0.25) is 0 Å². The summed E-state index contributed by atoms with van der Waals surface area (Å²) in [6.07, 6.45) is 0.603. The number of halogens is 1. The molecule has 1 amide bonds. The number of amides is 1. The molecule has 0 heterocycles. The molecule has 0 radical (unpaired) electrons. The topological polar surface area (TPSA) is 89.5 Å². The van der Waals surface area contributed by atoms with Gasteiger partial charge in [0, 0.05) is 25.2 Å². The number of benzene rings is 2.